The van der Waals surface area contributed by atoms with Gasteiger partial charge >= 0.3 is 0 Å². The van der Waals surface area contributed by atoms with Gasteiger partial charge < -0.3 is 10.7 Å². The molecule has 1 aromatic heterocycles. The van der Waals surface area contributed by atoms with Crippen LogP contribution in [0.1, 0.15) is 49.7 Å². The lowest BCUT2D eigenvalue weighted by Gasteiger charge is -2.20. The third-order valence-electron chi connectivity index (χ3n) is 4.49. The van der Waals surface area contributed by atoms with E-state index in [4.69, 9.17) is 10.7 Å². The number of hydrogen-bond acceptors (Lipinski definition) is 2. The maximum Gasteiger partial charge on any atom is 0.127 e. The molecule has 0 aliphatic heterocycles. The fraction of sp³-hybridized carbons (Fsp3) is 0.471. The number of rotatable bonds is 3. The second-order valence-electron chi connectivity index (χ2n) is 5.97. The number of H-pyrrole nitrogens is 1. The van der Waals surface area contributed by atoms with E-state index in [-0.39, 0.29) is 5.54 Å². The van der Waals surface area contributed by atoms with E-state index in [1.165, 1.54) is 24.0 Å². The molecule has 0 spiro atoms. The first-order chi connectivity index (χ1) is 9.62. The number of aromatic nitrogens is 2. The summed E-state index contributed by atoms with van der Waals surface area (Å²) in [5.41, 5.74) is 10.9. The van der Waals surface area contributed by atoms with Crippen molar-refractivity contribution in [2.45, 2.75) is 51.5 Å². The summed E-state index contributed by atoms with van der Waals surface area (Å²) < 4.78 is 0. The maximum atomic E-state index is 6.49. The highest BCUT2D eigenvalue weighted by Crippen LogP contribution is 2.36. The van der Waals surface area contributed by atoms with E-state index < -0.39 is 0 Å². The van der Waals surface area contributed by atoms with Crippen molar-refractivity contribution in [2.24, 2.45) is 5.73 Å². The predicted molar refractivity (Wildman–Crippen MR) is 82.5 cm³/mol. The molecule has 20 heavy (non-hydrogen) atoms. The van der Waals surface area contributed by atoms with Crippen molar-refractivity contribution in [2.75, 3.05) is 0 Å². The van der Waals surface area contributed by atoms with Crippen LogP contribution in [0.3, 0.4) is 0 Å². The van der Waals surface area contributed by atoms with Crippen LogP contribution in [-0.2, 0) is 12.0 Å². The monoisotopic (exact) mass is 269 g/mol. The molecule has 1 saturated carbocycles. The van der Waals surface area contributed by atoms with E-state index in [0.29, 0.717) is 0 Å². The van der Waals surface area contributed by atoms with Crippen LogP contribution in [0, 0.1) is 6.92 Å². The van der Waals surface area contributed by atoms with Crippen molar-refractivity contribution in [3.05, 3.63) is 41.3 Å². The Morgan fingerprint density at radius 1 is 1.20 bits per heavy atom. The molecule has 106 valence electrons. The van der Waals surface area contributed by atoms with E-state index in [1.807, 2.05) is 0 Å². The second kappa shape index (κ2) is 5.06. The molecule has 0 saturated heterocycles. The fourth-order valence-corrected chi connectivity index (χ4v) is 3.12. The van der Waals surface area contributed by atoms with Gasteiger partial charge in [0, 0.05) is 11.3 Å². The van der Waals surface area contributed by atoms with Gasteiger partial charge in [-0.05, 0) is 31.7 Å². The molecule has 3 heteroatoms. The standard InChI is InChI=1S/C17H23N3/c1-3-13-6-8-14(9-7-13)15-12(2)19-16(20-15)17(18)10-4-5-11-17/h6-9H,3-5,10-11,18H2,1-2H3,(H,19,20). The van der Waals surface area contributed by atoms with Crippen molar-refractivity contribution in [1.82, 2.24) is 9.97 Å². The van der Waals surface area contributed by atoms with Crippen molar-refractivity contribution in [3.63, 3.8) is 0 Å². The number of hydrogen-bond donors (Lipinski definition) is 2. The van der Waals surface area contributed by atoms with Crippen LogP contribution in [0.25, 0.3) is 11.3 Å². The van der Waals surface area contributed by atoms with Crippen LogP contribution < -0.4 is 5.73 Å². The van der Waals surface area contributed by atoms with Gasteiger partial charge in [0.1, 0.15) is 5.82 Å². The van der Waals surface area contributed by atoms with Gasteiger partial charge in [0.15, 0.2) is 0 Å². The molecular weight excluding hydrogens is 246 g/mol. The minimum absolute atomic E-state index is 0.244. The van der Waals surface area contributed by atoms with Gasteiger partial charge in [-0.15, -0.1) is 0 Å². The number of benzene rings is 1. The minimum Gasteiger partial charge on any atom is -0.344 e. The third kappa shape index (κ3) is 2.27. The number of nitrogens with one attached hydrogen (secondary N) is 1. The molecule has 0 bridgehead atoms. The summed E-state index contributed by atoms with van der Waals surface area (Å²) in [4.78, 5) is 8.23. The topological polar surface area (TPSA) is 54.7 Å². The van der Waals surface area contributed by atoms with Crippen molar-refractivity contribution in [3.8, 4) is 11.3 Å². The summed E-state index contributed by atoms with van der Waals surface area (Å²) in [5, 5.41) is 0. The molecule has 2 aromatic rings. The van der Waals surface area contributed by atoms with Gasteiger partial charge in [0.05, 0.1) is 11.2 Å². The Kier molecular flexibility index (Phi) is 3.38. The van der Waals surface area contributed by atoms with Crippen molar-refractivity contribution in [1.29, 1.82) is 0 Å². The smallest absolute Gasteiger partial charge is 0.127 e. The second-order valence-corrected chi connectivity index (χ2v) is 5.97. The average Bonchev–Trinajstić information content (AvgIpc) is 3.06. The quantitative estimate of drug-likeness (QED) is 0.893. The summed E-state index contributed by atoms with van der Waals surface area (Å²) in [7, 11) is 0. The van der Waals surface area contributed by atoms with Gasteiger partial charge in [-0.3, -0.25) is 0 Å². The van der Waals surface area contributed by atoms with Crippen molar-refractivity contribution < 1.29 is 0 Å². The molecular formula is C17H23N3. The molecule has 1 aliphatic carbocycles. The Hall–Kier alpha value is -1.61. The molecule has 1 fully saturated rings. The van der Waals surface area contributed by atoms with Gasteiger partial charge in [0.2, 0.25) is 0 Å². The summed E-state index contributed by atoms with van der Waals surface area (Å²) >= 11 is 0. The summed E-state index contributed by atoms with van der Waals surface area (Å²) in [6.07, 6.45) is 5.55. The molecule has 1 aliphatic rings. The zero-order chi connectivity index (χ0) is 14.2. The molecule has 0 unspecified atom stereocenters. The fourth-order valence-electron chi connectivity index (χ4n) is 3.12. The lowest BCUT2D eigenvalue weighted by atomic mass is 9.98. The SMILES string of the molecule is CCc1ccc(-c2nc(C3(N)CCCC3)[nH]c2C)cc1. The summed E-state index contributed by atoms with van der Waals surface area (Å²) in [6, 6.07) is 8.67. The highest BCUT2D eigenvalue weighted by molar-refractivity contribution is 5.62. The Morgan fingerprint density at radius 3 is 2.45 bits per heavy atom. The molecule has 3 rings (SSSR count). The number of imidazole rings is 1. The van der Waals surface area contributed by atoms with E-state index >= 15 is 0 Å². The Bertz CT molecular complexity index is 589. The lowest BCUT2D eigenvalue weighted by molar-refractivity contribution is 0.435. The number of aromatic amines is 1. The molecule has 3 nitrogen and oxygen atoms in total. The Balaban J connectivity index is 1.95. The van der Waals surface area contributed by atoms with E-state index in [2.05, 4.69) is 43.1 Å². The van der Waals surface area contributed by atoms with Crippen LogP contribution in [-0.4, -0.2) is 9.97 Å². The van der Waals surface area contributed by atoms with Gasteiger partial charge in [0.25, 0.3) is 0 Å². The normalized spacial score (nSPS) is 17.6. The molecule has 0 radical (unpaired) electrons. The molecule has 0 atom stereocenters. The number of nitrogens with two attached hydrogens (primary N) is 1. The lowest BCUT2D eigenvalue weighted by Crippen LogP contribution is -2.34. The summed E-state index contributed by atoms with van der Waals surface area (Å²) in [5.74, 6) is 0.960. The largest absolute Gasteiger partial charge is 0.344 e. The third-order valence-corrected chi connectivity index (χ3v) is 4.49. The highest BCUT2D eigenvalue weighted by atomic mass is 15.0. The minimum atomic E-state index is -0.244. The van der Waals surface area contributed by atoms with Crippen molar-refractivity contribution >= 4 is 0 Å². The van der Waals surface area contributed by atoms with E-state index in [0.717, 1.165) is 36.5 Å². The molecule has 1 aromatic carbocycles. The Labute approximate surface area is 120 Å². The molecule has 1 heterocycles. The van der Waals surface area contributed by atoms with Crippen LogP contribution >= 0.6 is 0 Å². The molecule has 3 N–H and O–H groups in total. The van der Waals surface area contributed by atoms with Crippen LogP contribution in [0.2, 0.25) is 0 Å². The number of aryl methyl sites for hydroxylation is 2. The molecule has 0 amide bonds. The average molecular weight is 269 g/mol. The van der Waals surface area contributed by atoms with E-state index in [9.17, 15) is 0 Å². The van der Waals surface area contributed by atoms with E-state index in [1.54, 1.807) is 0 Å². The Morgan fingerprint density at radius 2 is 1.85 bits per heavy atom. The van der Waals surface area contributed by atoms with Crippen LogP contribution in [0.15, 0.2) is 24.3 Å². The maximum absolute atomic E-state index is 6.49. The highest BCUT2D eigenvalue weighted by Gasteiger charge is 2.34. The first-order valence-corrected chi connectivity index (χ1v) is 7.58. The van der Waals surface area contributed by atoms with Crippen LogP contribution in [0.4, 0.5) is 0 Å². The van der Waals surface area contributed by atoms with Gasteiger partial charge in [-0.2, -0.15) is 0 Å². The van der Waals surface area contributed by atoms with Gasteiger partial charge in [-0.25, -0.2) is 4.98 Å². The zero-order valence-electron chi connectivity index (χ0n) is 12.4. The first kappa shape index (κ1) is 13.4. The first-order valence-electron chi connectivity index (χ1n) is 7.58. The predicted octanol–water partition coefficient (Wildman–Crippen LogP) is 3.68. The van der Waals surface area contributed by atoms with Gasteiger partial charge in [-0.1, -0.05) is 44.0 Å². The summed E-state index contributed by atoms with van der Waals surface area (Å²) in [6.45, 7) is 4.25. The number of nitrogens with zero attached hydrogens (tertiary/aromatic N) is 1. The zero-order valence-corrected chi connectivity index (χ0v) is 12.4. The van der Waals surface area contributed by atoms with Crippen LogP contribution in [0.5, 0.6) is 0 Å².